The molecule has 3 nitrogen and oxygen atoms in total. The van der Waals surface area contributed by atoms with Crippen LogP contribution in [0.4, 0.5) is 0 Å². The van der Waals surface area contributed by atoms with Crippen molar-refractivity contribution in [2.24, 2.45) is 5.41 Å². The second-order valence-electron chi connectivity index (χ2n) is 4.45. The first-order valence-corrected chi connectivity index (χ1v) is 5.41. The van der Waals surface area contributed by atoms with Gasteiger partial charge in [-0.25, -0.2) is 0 Å². The minimum Gasteiger partial charge on any atom is -0.494 e. The Labute approximate surface area is 96.1 Å². The topological polar surface area (TPSA) is 46.5 Å². The van der Waals surface area contributed by atoms with Crippen LogP contribution >= 0.6 is 0 Å². The number of hydrogen-bond donors (Lipinski definition) is 1. The van der Waals surface area contributed by atoms with Crippen LogP contribution in [0.15, 0.2) is 24.3 Å². The van der Waals surface area contributed by atoms with Crippen molar-refractivity contribution in [1.29, 1.82) is 0 Å². The first-order chi connectivity index (χ1) is 7.45. The summed E-state index contributed by atoms with van der Waals surface area (Å²) in [5, 5.41) is 9.04. The zero-order chi connectivity index (χ0) is 12.2. The highest BCUT2D eigenvalue weighted by Gasteiger charge is 2.27. The summed E-state index contributed by atoms with van der Waals surface area (Å²) in [6, 6.07) is 7.58. The second kappa shape index (κ2) is 5.01. The van der Waals surface area contributed by atoms with Gasteiger partial charge in [-0.2, -0.15) is 0 Å². The molecule has 0 aliphatic rings. The minimum atomic E-state index is -0.783. The standard InChI is InChI=1S/C13H18O3/c1-4-16-11-7-5-6-10(8-11)9-13(2,3)12(14)15/h5-8H,4,9H2,1-3H3,(H,14,15). The van der Waals surface area contributed by atoms with E-state index in [4.69, 9.17) is 9.84 Å². The summed E-state index contributed by atoms with van der Waals surface area (Å²) in [4.78, 5) is 11.0. The van der Waals surface area contributed by atoms with Crippen molar-refractivity contribution in [3.05, 3.63) is 29.8 Å². The molecule has 0 aliphatic carbocycles. The third kappa shape index (κ3) is 3.26. The number of ether oxygens (including phenoxy) is 1. The Bertz CT molecular complexity index is 369. The molecule has 1 rings (SSSR count). The molecule has 0 radical (unpaired) electrons. The van der Waals surface area contributed by atoms with E-state index < -0.39 is 11.4 Å². The quantitative estimate of drug-likeness (QED) is 0.833. The van der Waals surface area contributed by atoms with E-state index in [1.165, 1.54) is 0 Å². The number of carboxylic acids is 1. The molecule has 0 amide bonds. The fourth-order valence-electron chi connectivity index (χ4n) is 1.50. The van der Waals surface area contributed by atoms with Crippen LogP contribution in [0.1, 0.15) is 26.3 Å². The van der Waals surface area contributed by atoms with Gasteiger partial charge >= 0.3 is 5.97 Å². The smallest absolute Gasteiger partial charge is 0.309 e. The predicted octanol–water partition coefficient (Wildman–Crippen LogP) is 2.74. The van der Waals surface area contributed by atoms with Gasteiger partial charge in [0.1, 0.15) is 5.75 Å². The monoisotopic (exact) mass is 222 g/mol. The molecule has 0 spiro atoms. The molecule has 0 bridgehead atoms. The van der Waals surface area contributed by atoms with Crippen LogP contribution < -0.4 is 4.74 Å². The summed E-state index contributed by atoms with van der Waals surface area (Å²) < 4.78 is 5.37. The Hall–Kier alpha value is -1.51. The maximum absolute atomic E-state index is 11.0. The van der Waals surface area contributed by atoms with Gasteiger partial charge in [-0.1, -0.05) is 12.1 Å². The van der Waals surface area contributed by atoms with Crippen LogP contribution in [0.5, 0.6) is 5.75 Å². The van der Waals surface area contributed by atoms with E-state index in [1.807, 2.05) is 31.2 Å². The SMILES string of the molecule is CCOc1cccc(CC(C)(C)C(=O)O)c1. The second-order valence-corrected chi connectivity index (χ2v) is 4.45. The van der Waals surface area contributed by atoms with E-state index in [0.717, 1.165) is 11.3 Å². The van der Waals surface area contributed by atoms with Crippen molar-refractivity contribution < 1.29 is 14.6 Å². The lowest BCUT2D eigenvalue weighted by Gasteiger charge is -2.19. The molecular weight excluding hydrogens is 204 g/mol. The molecule has 3 heteroatoms. The van der Waals surface area contributed by atoms with E-state index >= 15 is 0 Å². The Morgan fingerprint density at radius 1 is 1.44 bits per heavy atom. The zero-order valence-electron chi connectivity index (χ0n) is 9.99. The number of carbonyl (C=O) groups is 1. The highest BCUT2D eigenvalue weighted by atomic mass is 16.5. The first-order valence-electron chi connectivity index (χ1n) is 5.41. The molecule has 0 heterocycles. The van der Waals surface area contributed by atoms with Gasteiger partial charge in [0.05, 0.1) is 12.0 Å². The lowest BCUT2D eigenvalue weighted by atomic mass is 9.86. The van der Waals surface area contributed by atoms with E-state index in [9.17, 15) is 4.79 Å². The molecule has 0 saturated carbocycles. The molecule has 16 heavy (non-hydrogen) atoms. The Balaban J connectivity index is 2.81. The average molecular weight is 222 g/mol. The molecule has 88 valence electrons. The lowest BCUT2D eigenvalue weighted by Crippen LogP contribution is -2.26. The van der Waals surface area contributed by atoms with E-state index in [2.05, 4.69) is 0 Å². The highest BCUT2D eigenvalue weighted by molar-refractivity contribution is 5.74. The van der Waals surface area contributed by atoms with Crippen LogP contribution in [-0.2, 0) is 11.2 Å². The number of hydrogen-bond acceptors (Lipinski definition) is 2. The number of carboxylic acid groups (broad SMARTS) is 1. The molecule has 0 unspecified atom stereocenters. The van der Waals surface area contributed by atoms with Crippen molar-refractivity contribution >= 4 is 5.97 Å². The predicted molar refractivity (Wildman–Crippen MR) is 62.7 cm³/mol. The maximum atomic E-state index is 11.0. The molecule has 0 saturated heterocycles. The summed E-state index contributed by atoms with van der Waals surface area (Å²) in [5.41, 5.74) is 0.239. The van der Waals surface area contributed by atoms with Crippen LogP contribution in [0, 0.1) is 5.41 Å². The fraction of sp³-hybridized carbons (Fsp3) is 0.462. The van der Waals surface area contributed by atoms with Gasteiger partial charge in [-0.3, -0.25) is 4.79 Å². The molecule has 1 N–H and O–H groups in total. The van der Waals surface area contributed by atoms with Gasteiger partial charge < -0.3 is 9.84 Å². The van der Waals surface area contributed by atoms with Crippen LogP contribution in [0.3, 0.4) is 0 Å². The minimum absolute atomic E-state index is 0.503. The summed E-state index contributed by atoms with van der Waals surface area (Å²) in [5.74, 6) is 0.00972. The van der Waals surface area contributed by atoms with Crippen LogP contribution in [-0.4, -0.2) is 17.7 Å². The average Bonchev–Trinajstić information content (AvgIpc) is 2.17. The zero-order valence-corrected chi connectivity index (χ0v) is 9.99. The molecule has 0 aliphatic heterocycles. The Kier molecular flexibility index (Phi) is 3.93. The Morgan fingerprint density at radius 2 is 2.12 bits per heavy atom. The Morgan fingerprint density at radius 3 is 2.69 bits per heavy atom. The van der Waals surface area contributed by atoms with Gasteiger partial charge in [0, 0.05) is 0 Å². The number of benzene rings is 1. The van der Waals surface area contributed by atoms with E-state index in [1.54, 1.807) is 13.8 Å². The third-order valence-electron chi connectivity index (χ3n) is 2.43. The molecule has 0 atom stereocenters. The highest BCUT2D eigenvalue weighted by Crippen LogP contribution is 2.24. The number of aliphatic carboxylic acids is 1. The maximum Gasteiger partial charge on any atom is 0.309 e. The van der Waals surface area contributed by atoms with Crippen molar-refractivity contribution in [2.45, 2.75) is 27.2 Å². The summed E-state index contributed by atoms with van der Waals surface area (Å²) in [6.07, 6.45) is 0.503. The van der Waals surface area contributed by atoms with E-state index in [-0.39, 0.29) is 0 Å². The van der Waals surface area contributed by atoms with Crippen molar-refractivity contribution in [3.8, 4) is 5.75 Å². The molecule has 0 aromatic heterocycles. The summed E-state index contributed by atoms with van der Waals surface area (Å²) in [6.45, 7) is 5.99. The first kappa shape index (κ1) is 12.6. The third-order valence-corrected chi connectivity index (χ3v) is 2.43. The van der Waals surface area contributed by atoms with Gasteiger partial charge in [0.2, 0.25) is 0 Å². The lowest BCUT2D eigenvalue weighted by molar-refractivity contribution is -0.146. The van der Waals surface area contributed by atoms with Crippen molar-refractivity contribution in [1.82, 2.24) is 0 Å². The molecule has 0 fully saturated rings. The summed E-state index contributed by atoms with van der Waals surface area (Å²) >= 11 is 0. The van der Waals surface area contributed by atoms with Gasteiger partial charge in [-0.05, 0) is 44.9 Å². The fourth-order valence-corrected chi connectivity index (χ4v) is 1.50. The normalized spacial score (nSPS) is 11.2. The molecule has 1 aromatic carbocycles. The van der Waals surface area contributed by atoms with Crippen molar-refractivity contribution in [3.63, 3.8) is 0 Å². The molecule has 1 aromatic rings. The summed E-state index contributed by atoms with van der Waals surface area (Å²) in [7, 11) is 0. The van der Waals surface area contributed by atoms with E-state index in [0.29, 0.717) is 13.0 Å². The van der Waals surface area contributed by atoms with Gasteiger partial charge in [0.15, 0.2) is 0 Å². The van der Waals surface area contributed by atoms with Crippen LogP contribution in [0.2, 0.25) is 0 Å². The van der Waals surface area contributed by atoms with Gasteiger partial charge in [-0.15, -0.1) is 0 Å². The largest absolute Gasteiger partial charge is 0.494 e. The van der Waals surface area contributed by atoms with Crippen LogP contribution in [0.25, 0.3) is 0 Å². The van der Waals surface area contributed by atoms with Crippen molar-refractivity contribution in [2.75, 3.05) is 6.61 Å². The number of rotatable bonds is 5. The molecular formula is C13H18O3. The van der Waals surface area contributed by atoms with Gasteiger partial charge in [0.25, 0.3) is 0 Å².